The Labute approximate surface area is 226 Å². The maximum atomic E-state index is 12.9. The molecule has 0 saturated carbocycles. The average molecular weight is 594 g/mol. The summed E-state index contributed by atoms with van der Waals surface area (Å²) in [7, 11) is -3.68. The third-order valence-corrected chi connectivity index (χ3v) is 7.42. The second-order valence-electron chi connectivity index (χ2n) is 8.19. The third kappa shape index (κ3) is 8.06. The fraction of sp³-hybridized carbons (Fsp3) is 0.348. The second-order valence-corrected chi connectivity index (χ2v) is 11.1. The highest BCUT2D eigenvalue weighted by Gasteiger charge is 2.29. The molecule has 1 amide bonds. The van der Waals surface area contributed by atoms with Crippen molar-refractivity contribution in [3.05, 3.63) is 74.6 Å². The molecule has 0 radical (unpaired) electrons. The van der Waals surface area contributed by atoms with Gasteiger partial charge in [-0.3, -0.25) is 9.36 Å². The lowest BCUT2D eigenvalue weighted by Gasteiger charge is -2.20. The Kier molecular flexibility index (Phi) is 9.63. The van der Waals surface area contributed by atoms with E-state index in [0.29, 0.717) is 16.1 Å². The van der Waals surface area contributed by atoms with Gasteiger partial charge in [0.25, 0.3) is 0 Å². The van der Waals surface area contributed by atoms with Crippen molar-refractivity contribution >= 4 is 39.1 Å². The van der Waals surface area contributed by atoms with Crippen molar-refractivity contribution in [3.63, 3.8) is 0 Å². The average Bonchev–Trinajstić information content (AvgIpc) is 3.15. The van der Waals surface area contributed by atoms with Crippen LogP contribution in [0.25, 0.3) is 11.4 Å². The van der Waals surface area contributed by atoms with Gasteiger partial charge in [-0.1, -0.05) is 41.4 Å². The predicted octanol–water partition coefficient (Wildman–Crippen LogP) is 3.77. The van der Waals surface area contributed by atoms with Gasteiger partial charge in [-0.2, -0.15) is 13.2 Å². The van der Waals surface area contributed by atoms with Gasteiger partial charge in [0.05, 0.1) is 18.2 Å². The SMILES string of the molecule is CCS(=O)(=O)NC(CNC(=O)Cn1nc(-c2ccc(Cl)cc2)n(CCC(F)(F)F)c1=O)c1ccccc1Cl. The summed E-state index contributed by atoms with van der Waals surface area (Å²) in [6.07, 6.45) is -5.79. The number of hydrogen-bond donors (Lipinski definition) is 2. The van der Waals surface area contributed by atoms with Crippen LogP contribution >= 0.6 is 23.2 Å². The molecule has 1 heterocycles. The van der Waals surface area contributed by atoms with Crippen molar-refractivity contribution in [2.24, 2.45) is 0 Å². The van der Waals surface area contributed by atoms with Gasteiger partial charge in [-0.25, -0.2) is 22.6 Å². The van der Waals surface area contributed by atoms with Crippen LogP contribution in [0.2, 0.25) is 10.0 Å². The van der Waals surface area contributed by atoms with E-state index in [1.165, 1.54) is 31.2 Å². The summed E-state index contributed by atoms with van der Waals surface area (Å²) in [5.41, 5.74) is -0.158. The van der Waals surface area contributed by atoms with Gasteiger partial charge in [0, 0.05) is 28.7 Å². The Bertz CT molecular complexity index is 1440. The van der Waals surface area contributed by atoms with Gasteiger partial charge in [-0.05, 0) is 42.8 Å². The summed E-state index contributed by atoms with van der Waals surface area (Å²) in [6, 6.07) is 11.5. The van der Waals surface area contributed by atoms with Gasteiger partial charge in [-0.15, -0.1) is 5.10 Å². The number of amides is 1. The fourth-order valence-corrected chi connectivity index (χ4v) is 4.68. The largest absolute Gasteiger partial charge is 0.390 e. The highest BCUT2D eigenvalue weighted by molar-refractivity contribution is 7.89. The number of rotatable bonds is 11. The molecule has 3 aromatic rings. The van der Waals surface area contributed by atoms with Crippen molar-refractivity contribution in [3.8, 4) is 11.4 Å². The Morgan fingerprint density at radius 3 is 2.37 bits per heavy atom. The van der Waals surface area contributed by atoms with Crippen LogP contribution in [-0.2, 0) is 27.9 Å². The smallest absolute Gasteiger partial charge is 0.353 e. The number of carbonyl (C=O) groups excluding carboxylic acids is 1. The van der Waals surface area contributed by atoms with Crippen molar-refractivity contribution in [1.29, 1.82) is 0 Å². The molecule has 38 heavy (non-hydrogen) atoms. The number of sulfonamides is 1. The molecule has 3 rings (SSSR count). The van der Waals surface area contributed by atoms with E-state index in [4.69, 9.17) is 23.2 Å². The molecule has 0 fully saturated rings. The van der Waals surface area contributed by atoms with E-state index >= 15 is 0 Å². The second kappa shape index (κ2) is 12.3. The quantitative estimate of drug-likeness (QED) is 0.351. The number of carbonyl (C=O) groups is 1. The van der Waals surface area contributed by atoms with Gasteiger partial charge in [0.1, 0.15) is 6.54 Å². The molecule has 0 spiro atoms. The zero-order valence-corrected chi connectivity index (χ0v) is 22.3. The first-order valence-electron chi connectivity index (χ1n) is 11.3. The molecule has 2 N–H and O–H groups in total. The minimum absolute atomic E-state index is 0.0617. The number of nitrogens with one attached hydrogen (secondary N) is 2. The molecule has 1 atom stereocenters. The Morgan fingerprint density at radius 2 is 1.76 bits per heavy atom. The Balaban J connectivity index is 1.83. The van der Waals surface area contributed by atoms with Crippen LogP contribution in [0.15, 0.2) is 53.3 Å². The highest BCUT2D eigenvalue weighted by Crippen LogP contribution is 2.24. The van der Waals surface area contributed by atoms with Crippen LogP contribution in [0.3, 0.4) is 0 Å². The molecule has 2 aromatic carbocycles. The lowest BCUT2D eigenvalue weighted by atomic mass is 10.1. The molecular formula is C23H24Cl2F3N5O4S. The topological polar surface area (TPSA) is 115 Å². The van der Waals surface area contributed by atoms with Crippen LogP contribution in [0.1, 0.15) is 24.9 Å². The van der Waals surface area contributed by atoms with Crippen molar-refractivity contribution < 1.29 is 26.4 Å². The predicted molar refractivity (Wildman–Crippen MR) is 137 cm³/mol. The van der Waals surface area contributed by atoms with Crippen LogP contribution in [0.5, 0.6) is 0 Å². The number of aromatic nitrogens is 3. The summed E-state index contributed by atoms with van der Waals surface area (Å²) in [5.74, 6) is -0.989. The van der Waals surface area contributed by atoms with E-state index in [0.717, 1.165) is 9.25 Å². The van der Waals surface area contributed by atoms with Crippen LogP contribution in [0, 0.1) is 0 Å². The van der Waals surface area contributed by atoms with Gasteiger partial charge in [0.15, 0.2) is 5.82 Å². The normalized spacial score (nSPS) is 12.9. The van der Waals surface area contributed by atoms with Crippen molar-refractivity contribution in [1.82, 2.24) is 24.4 Å². The summed E-state index contributed by atoms with van der Waals surface area (Å²) >= 11 is 12.1. The first-order valence-corrected chi connectivity index (χ1v) is 13.7. The van der Waals surface area contributed by atoms with E-state index < -0.39 is 53.3 Å². The molecule has 9 nitrogen and oxygen atoms in total. The number of hydrogen-bond acceptors (Lipinski definition) is 5. The lowest BCUT2D eigenvalue weighted by molar-refractivity contribution is -0.136. The van der Waals surface area contributed by atoms with Crippen LogP contribution in [0.4, 0.5) is 13.2 Å². The standard InChI is InChI=1S/C23H24Cl2F3N5O4S/c1-2-38(36,37)31-19(17-5-3-4-6-18(17)25)13-29-20(34)14-33-22(35)32(12-11-23(26,27)28)21(30-33)15-7-9-16(24)10-8-15/h3-10,19,31H,2,11-14H2,1H3,(H,29,34). The number of nitrogens with zero attached hydrogens (tertiary/aromatic N) is 3. The Hall–Kier alpha value is -2.87. The number of halogens is 5. The molecule has 0 bridgehead atoms. The van der Waals surface area contributed by atoms with Gasteiger partial charge in [0.2, 0.25) is 15.9 Å². The monoisotopic (exact) mass is 593 g/mol. The number of alkyl halides is 3. The maximum absolute atomic E-state index is 12.9. The maximum Gasteiger partial charge on any atom is 0.390 e. The Morgan fingerprint density at radius 1 is 1.11 bits per heavy atom. The summed E-state index contributed by atoms with van der Waals surface area (Å²) in [5, 5.41) is 7.27. The molecule has 0 saturated heterocycles. The van der Waals surface area contributed by atoms with Crippen LogP contribution < -0.4 is 15.7 Å². The summed E-state index contributed by atoms with van der Waals surface area (Å²) in [4.78, 5) is 25.6. The van der Waals surface area contributed by atoms with Gasteiger partial charge < -0.3 is 5.32 Å². The number of benzene rings is 2. The highest BCUT2D eigenvalue weighted by atomic mass is 35.5. The zero-order valence-electron chi connectivity index (χ0n) is 20.0. The van der Waals surface area contributed by atoms with E-state index in [1.807, 2.05) is 0 Å². The fourth-order valence-electron chi connectivity index (χ4n) is 3.48. The summed E-state index contributed by atoms with van der Waals surface area (Å²) in [6.45, 7) is -0.0801. The molecule has 0 aliphatic rings. The first kappa shape index (κ1) is 29.7. The van der Waals surface area contributed by atoms with E-state index in [2.05, 4.69) is 15.1 Å². The molecule has 0 aliphatic heterocycles. The van der Waals surface area contributed by atoms with Crippen molar-refractivity contribution in [2.45, 2.75) is 38.7 Å². The van der Waals surface area contributed by atoms with Crippen molar-refractivity contribution in [2.75, 3.05) is 12.3 Å². The molecular weight excluding hydrogens is 570 g/mol. The minimum Gasteiger partial charge on any atom is -0.353 e. The minimum atomic E-state index is -4.52. The molecule has 0 aliphatic carbocycles. The first-order chi connectivity index (χ1) is 17.8. The molecule has 1 unspecified atom stereocenters. The van der Waals surface area contributed by atoms with E-state index in [9.17, 15) is 31.2 Å². The third-order valence-electron chi connectivity index (χ3n) is 5.42. The molecule has 15 heteroatoms. The summed E-state index contributed by atoms with van der Waals surface area (Å²) < 4.78 is 67.1. The molecule has 206 valence electrons. The lowest BCUT2D eigenvalue weighted by Crippen LogP contribution is -2.40. The van der Waals surface area contributed by atoms with Crippen LogP contribution in [-0.4, -0.2) is 47.1 Å². The zero-order chi connectivity index (χ0) is 28.1. The molecule has 1 aromatic heterocycles. The van der Waals surface area contributed by atoms with E-state index in [-0.39, 0.29) is 23.1 Å². The van der Waals surface area contributed by atoms with E-state index in [1.54, 1.807) is 24.3 Å². The van der Waals surface area contributed by atoms with Gasteiger partial charge >= 0.3 is 11.9 Å².